The van der Waals surface area contributed by atoms with Crippen LogP contribution in [0.15, 0.2) is 17.0 Å². The second-order valence-electron chi connectivity index (χ2n) is 10.5. The Kier molecular flexibility index (Phi) is 11.7. The highest BCUT2D eigenvalue weighted by molar-refractivity contribution is 7.89. The first-order chi connectivity index (χ1) is 17.9. The van der Waals surface area contributed by atoms with Gasteiger partial charge in [-0.3, -0.25) is 14.6 Å². The lowest BCUT2D eigenvalue weighted by Gasteiger charge is -2.37. The van der Waals surface area contributed by atoms with Crippen LogP contribution in [0.1, 0.15) is 33.3 Å². The van der Waals surface area contributed by atoms with Gasteiger partial charge in [0.2, 0.25) is 15.9 Å². The summed E-state index contributed by atoms with van der Waals surface area (Å²) in [5.74, 6) is -0.0851. The van der Waals surface area contributed by atoms with Crippen LogP contribution in [0.2, 0.25) is 10.0 Å². The lowest BCUT2D eigenvalue weighted by Crippen LogP contribution is -2.53. The van der Waals surface area contributed by atoms with Gasteiger partial charge in [0.05, 0.1) is 30.9 Å². The molecule has 0 spiro atoms. The second-order valence-corrected chi connectivity index (χ2v) is 13.1. The first kappa shape index (κ1) is 31.5. The number of sulfonamides is 1. The summed E-state index contributed by atoms with van der Waals surface area (Å²) in [6.07, 6.45) is 0. The van der Waals surface area contributed by atoms with Gasteiger partial charge >= 0.3 is 0 Å². The monoisotopic (exact) mass is 592 g/mol. The standard InChI is InChI=1S/C26H42Cl2N4O5S/c1-19(2)31(20(3)4)13-10-29-8-11-30(12-9-29)25(33)18-37-17-22-16-36-15-14-32(22)38(34,35)24-7-6-23(27)21(5)26(24)28/h6-7,19-20,22H,8-18H2,1-5H3/t22-/m0/s1. The molecule has 1 amide bonds. The molecule has 216 valence electrons. The number of hydrogen-bond donors (Lipinski definition) is 0. The summed E-state index contributed by atoms with van der Waals surface area (Å²) in [7, 11) is -3.90. The Morgan fingerprint density at radius 1 is 1.11 bits per heavy atom. The molecule has 1 aromatic carbocycles. The van der Waals surface area contributed by atoms with Crippen molar-refractivity contribution in [2.24, 2.45) is 0 Å². The number of rotatable bonds is 11. The van der Waals surface area contributed by atoms with E-state index in [1.807, 2.05) is 4.90 Å². The molecule has 12 heteroatoms. The number of morpholine rings is 1. The molecular formula is C26H42Cl2N4O5S. The SMILES string of the molecule is Cc1c(Cl)ccc(S(=O)(=O)N2CCOC[C@H]2COCC(=O)N2CCN(CCN(C(C)C)C(C)C)CC2)c1Cl. The van der Waals surface area contributed by atoms with E-state index in [1.54, 1.807) is 6.92 Å². The molecule has 2 aliphatic rings. The second kappa shape index (κ2) is 14.1. The summed E-state index contributed by atoms with van der Waals surface area (Å²) in [5.41, 5.74) is 0.512. The van der Waals surface area contributed by atoms with Gasteiger partial charge in [0.15, 0.2) is 0 Å². The highest BCUT2D eigenvalue weighted by Gasteiger charge is 2.36. The van der Waals surface area contributed by atoms with Crippen LogP contribution in [0, 0.1) is 6.92 Å². The van der Waals surface area contributed by atoms with E-state index in [9.17, 15) is 13.2 Å². The van der Waals surface area contributed by atoms with Crippen LogP contribution >= 0.6 is 23.2 Å². The lowest BCUT2D eigenvalue weighted by molar-refractivity contribution is -0.138. The van der Waals surface area contributed by atoms with E-state index in [-0.39, 0.29) is 48.8 Å². The summed E-state index contributed by atoms with van der Waals surface area (Å²) in [4.78, 5) is 19.5. The topological polar surface area (TPSA) is 82.6 Å². The van der Waals surface area contributed by atoms with E-state index in [2.05, 4.69) is 37.5 Å². The number of hydrogen-bond acceptors (Lipinski definition) is 7. The van der Waals surface area contributed by atoms with Gasteiger partial charge < -0.3 is 14.4 Å². The van der Waals surface area contributed by atoms with Gasteiger partial charge in [-0.2, -0.15) is 4.31 Å². The van der Waals surface area contributed by atoms with Crippen LogP contribution in [-0.2, 0) is 24.3 Å². The molecule has 2 aliphatic heterocycles. The Labute approximate surface area is 238 Å². The van der Waals surface area contributed by atoms with Gasteiger partial charge in [0.1, 0.15) is 11.5 Å². The minimum Gasteiger partial charge on any atom is -0.378 e. The molecule has 3 rings (SSSR count). The lowest BCUT2D eigenvalue weighted by atomic mass is 10.2. The summed E-state index contributed by atoms with van der Waals surface area (Å²) < 4.78 is 39.5. The van der Waals surface area contributed by atoms with E-state index in [4.69, 9.17) is 32.7 Å². The maximum atomic E-state index is 13.4. The largest absolute Gasteiger partial charge is 0.378 e. The summed E-state index contributed by atoms with van der Waals surface area (Å²) >= 11 is 12.4. The van der Waals surface area contributed by atoms with Crippen LogP contribution in [0.4, 0.5) is 0 Å². The molecule has 0 N–H and O–H groups in total. The maximum Gasteiger partial charge on any atom is 0.248 e. The molecule has 0 aromatic heterocycles. The van der Waals surface area contributed by atoms with E-state index in [1.165, 1.54) is 16.4 Å². The van der Waals surface area contributed by atoms with Crippen molar-refractivity contribution in [3.63, 3.8) is 0 Å². The van der Waals surface area contributed by atoms with Gasteiger partial charge in [-0.1, -0.05) is 23.2 Å². The van der Waals surface area contributed by atoms with Crippen molar-refractivity contribution in [3.05, 3.63) is 27.7 Å². The Balaban J connectivity index is 1.49. The molecule has 0 unspecified atom stereocenters. The third kappa shape index (κ3) is 7.81. The molecule has 38 heavy (non-hydrogen) atoms. The summed E-state index contributed by atoms with van der Waals surface area (Å²) in [5, 5.41) is 0.516. The van der Waals surface area contributed by atoms with Gasteiger partial charge in [-0.15, -0.1) is 0 Å². The van der Waals surface area contributed by atoms with Crippen molar-refractivity contribution in [2.75, 3.05) is 72.2 Å². The molecule has 1 atom stereocenters. The quantitative estimate of drug-likeness (QED) is 0.390. The summed E-state index contributed by atoms with van der Waals surface area (Å²) in [6, 6.07) is 3.40. The number of ether oxygens (including phenoxy) is 2. The van der Waals surface area contributed by atoms with E-state index < -0.39 is 16.1 Å². The van der Waals surface area contributed by atoms with Crippen molar-refractivity contribution in [1.29, 1.82) is 0 Å². The van der Waals surface area contributed by atoms with Crippen LogP contribution in [-0.4, -0.2) is 124 Å². The third-order valence-electron chi connectivity index (χ3n) is 7.31. The molecule has 2 fully saturated rings. The van der Waals surface area contributed by atoms with E-state index in [0.29, 0.717) is 35.8 Å². The fourth-order valence-corrected chi connectivity index (χ4v) is 7.38. The minimum atomic E-state index is -3.90. The molecule has 2 heterocycles. The number of carbonyl (C=O) groups is 1. The van der Waals surface area contributed by atoms with Crippen molar-refractivity contribution < 1.29 is 22.7 Å². The smallest absolute Gasteiger partial charge is 0.248 e. The Bertz CT molecular complexity index is 1040. The van der Waals surface area contributed by atoms with Gasteiger partial charge in [-0.25, -0.2) is 8.42 Å². The number of nitrogens with zero attached hydrogens (tertiary/aromatic N) is 4. The molecule has 1 aromatic rings. The first-order valence-corrected chi connectivity index (χ1v) is 15.5. The minimum absolute atomic E-state index is 0.00632. The van der Waals surface area contributed by atoms with Crippen molar-refractivity contribution in [3.8, 4) is 0 Å². The third-order valence-corrected chi connectivity index (χ3v) is 10.3. The average molecular weight is 594 g/mol. The molecule has 0 aliphatic carbocycles. The Morgan fingerprint density at radius 2 is 1.76 bits per heavy atom. The number of halogens is 2. The van der Waals surface area contributed by atoms with Crippen LogP contribution in [0.3, 0.4) is 0 Å². The van der Waals surface area contributed by atoms with E-state index in [0.717, 1.165) is 26.2 Å². The first-order valence-electron chi connectivity index (χ1n) is 13.3. The zero-order chi connectivity index (χ0) is 28.0. The number of piperazine rings is 1. The van der Waals surface area contributed by atoms with Crippen LogP contribution < -0.4 is 0 Å². The molecule has 0 radical (unpaired) electrons. The zero-order valence-corrected chi connectivity index (χ0v) is 25.5. The average Bonchev–Trinajstić information content (AvgIpc) is 2.87. The molecule has 0 bridgehead atoms. The Hall–Kier alpha value is -0.980. The van der Waals surface area contributed by atoms with Crippen molar-refractivity contribution in [2.45, 2.75) is 57.6 Å². The van der Waals surface area contributed by atoms with Crippen molar-refractivity contribution >= 4 is 39.1 Å². The predicted molar refractivity (Wildman–Crippen MR) is 151 cm³/mol. The number of carbonyl (C=O) groups excluding carboxylic acids is 1. The zero-order valence-electron chi connectivity index (χ0n) is 23.2. The fourth-order valence-electron chi connectivity index (χ4n) is 5.01. The van der Waals surface area contributed by atoms with Crippen LogP contribution in [0.25, 0.3) is 0 Å². The molecule has 2 saturated heterocycles. The highest BCUT2D eigenvalue weighted by Crippen LogP contribution is 2.33. The van der Waals surface area contributed by atoms with Gasteiger partial charge in [0, 0.05) is 62.9 Å². The van der Waals surface area contributed by atoms with Crippen molar-refractivity contribution in [1.82, 2.24) is 19.0 Å². The summed E-state index contributed by atoms with van der Waals surface area (Å²) in [6.45, 7) is 16.1. The highest BCUT2D eigenvalue weighted by atomic mass is 35.5. The molecule has 9 nitrogen and oxygen atoms in total. The molecular weight excluding hydrogens is 551 g/mol. The van der Waals surface area contributed by atoms with E-state index >= 15 is 0 Å². The van der Waals surface area contributed by atoms with Gasteiger partial charge in [0.25, 0.3) is 0 Å². The maximum absolute atomic E-state index is 13.4. The number of benzene rings is 1. The Morgan fingerprint density at radius 3 is 2.39 bits per heavy atom. The van der Waals surface area contributed by atoms with Gasteiger partial charge in [-0.05, 0) is 52.3 Å². The fraction of sp³-hybridized carbons (Fsp3) is 0.731. The predicted octanol–water partition coefficient (Wildman–Crippen LogP) is 2.97. The normalized spacial score (nSPS) is 20.2. The van der Waals surface area contributed by atoms with Crippen LogP contribution in [0.5, 0.6) is 0 Å². The number of amides is 1. The molecule has 0 saturated carbocycles.